The minimum atomic E-state index is 0.688. The van der Waals surface area contributed by atoms with Crippen LogP contribution in [0.5, 0.6) is 0 Å². The van der Waals surface area contributed by atoms with Crippen LogP contribution in [0.2, 0.25) is 0 Å². The number of aromatic nitrogens is 2. The second kappa shape index (κ2) is 14.8. The Morgan fingerprint density at radius 1 is 0.271 bits per heavy atom. The summed E-state index contributed by atoms with van der Waals surface area (Å²) in [5.41, 5.74) is 14.0. The lowest BCUT2D eigenvalue weighted by atomic mass is 9.91. The van der Waals surface area contributed by atoms with E-state index in [9.17, 15) is 0 Å². The van der Waals surface area contributed by atoms with E-state index >= 15 is 0 Å². The fraction of sp³-hybridized carbons (Fsp3) is 0. The third kappa shape index (κ3) is 6.68. The molecule has 0 bridgehead atoms. The summed E-state index contributed by atoms with van der Waals surface area (Å²) in [7, 11) is 0. The predicted molar refractivity (Wildman–Crippen MR) is 250 cm³/mol. The first kappa shape index (κ1) is 34.8. The van der Waals surface area contributed by atoms with Crippen molar-refractivity contribution in [2.24, 2.45) is 0 Å². The number of rotatable bonds is 7. The summed E-state index contributed by atoms with van der Waals surface area (Å²) in [4.78, 5) is 10.7. The maximum atomic E-state index is 5.37. The Balaban J connectivity index is 1.16. The number of benzene rings is 9. The molecule has 0 unspecified atom stereocenters. The largest absolute Gasteiger partial charge is 0.228 e. The summed E-state index contributed by atoms with van der Waals surface area (Å²) in [6.45, 7) is 0. The summed E-state index contributed by atoms with van der Waals surface area (Å²) in [5.74, 6) is 0.688. The van der Waals surface area contributed by atoms with E-state index in [1.807, 2.05) is 17.4 Å². The topological polar surface area (TPSA) is 25.8 Å². The Morgan fingerprint density at radius 2 is 0.763 bits per heavy atom. The Bertz CT molecular complexity index is 3250. The quantitative estimate of drug-likeness (QED) is 0.161. The summed E-state index contributed by atoms with van der Waals surface area (Å²) in [6.07, 6.45) is 0. The highest BCUT2D eigenvalue weighted by Gasteiger charge is 2.17. The smallest absolute Gasteiger partial charge is 0.160 e. The molecule has 2 heterocycles. The molecule has 2 nitrogen and oxygen atoms in total. The maximum absolute atomic E-state index is 5.37. The number of thiophene rings is 1. The average Bonchev–Trinajstić information content (AvgIpc) is 3.70. The summed E-state index contributed by atoms with van der Waals surface area (Å²) >= 11 is 1.85. The van der Waals surface area contributed by atoms with E-state index in [-0.39, 0.29) is 0 Å². The zero-order valence-electron chi connectivity index (χ0n) is 32.1. The molecule has 11 aromatic rings. The molecule has 9 aromatic carbocycles. The van der Waals surface area contributed by atoms with Gasteiger partial charge in [-0.2, -0.15) is 0 Å². The van der Waals surface area contributed by atoms with Gasteiger partial charge in [0.05, 0.1) is 11.4 Å². The van der Waals surface area contributed by atoms with E-state index < -0.39 is 0 Å². The minimum Gasteiger partial charge on any atom is -0.228 e. The molecule has 2 aromatic heterocycles. The van der Waals surface area contributed by atoms with Crippen molar-refractivity contribution in [1.29, 1.82) is 0 Å². The lowest BCUT2D eigenvalue weighted by Gasteiger charge is -2.15. The van der Waals surface area contributed by atoms with Gasteiger partial charge in [-0.25, -0.2) is 9.97 Å². The van der Waals surface area contributed by atoms with Crippen LogP contribution >= 0.6 is 11.3 Å². The standard InChI is InChI=1S/C56H36N2S/c1-4-15-37(16-5-1)42-29-43(38-17-6-2-7-18-38)32-46(31-42)52-36-53(58-56(57-52)40-20-8-3-9-21-40)47-33-44(30-45(34-47)49-25-14-22-39-19-10-11-23-48(39)49)41-27-28-55-51(35-41)50-24-12-13-26-54(50)59-55/h1-36H. The maximum Gasteiger partial charge on any atom is 0.160 e. The van der Waals surface area contributed by atoms with E-state index in [1.54, 1.807) is 0 Å². The molecule has 0 spiro atoms. The van der Waals surface area contributed by atoms with E-state index in [1.165, 1.54) is 42.1 Å². The highest BCUT2D eigenvalue weighted by atomic mass is 32.1. The molecule has 59 heavy (non-hydrogen) atoms. The van der Waals surface area contributed by atoms with Crippen molar-refractivity contribution in [3.63, 3.8) is 0 Å². The number of hydrogen-bond acceptors (Lipinski definition) is 3. The van der Waals surface area contributed by atoms with Crippen LogP contribution in [0.4, 0.5) is 0 Å². The highest BCUT2D eigenvalue weighted by molar-refractivity contribution is 7.25. The molecule has 0 radical (unpaired) electrons. The van der Waals surface area contributed by atoms with Crippen molar-refractivity contribution < 1.29 is 0 Å². The van der Waals surface area contributed by atoms with Gasteiger partial charge >= 0.3 is 0 Å². The van der Waals surface area contributed by atoms with Crippen molar-refractivity contribution in [3.8, 4) is 78.4 Å². The van der Waals surface area contributed by atoms with E-state index in [0.717, 1.165) is 61.5 Å². The molecule has 0 aliphatic rings. The normalized spacial score (nSPS) is 11.4. The molecule has 0 aliphatic carbocycles. The van der Waals surface area contributed by atoms with Gasteiger partial charge in [0.25, 0.3) is 0 Å². The minimum absolute atomic E-state index is 0.688. The Hall–Kier alpha value is -7.46. The van der Waals surface area contributed by atoms with E-state index in [2.05, 4.69) is 212 Å². The van der Waals surface area contributed by atoms with Crippen LogP contribution in [-0.4, -0.2) is 9.97 Å². The van der Waals surface area contributed by atoms with Crippen molar-refractivity contribution in [2.75, 3.05) is 0 Å². The zero-order valence-corrected chi connectivity index (χ0v) is 32.9. The molecule has 11 rings (SSSR count). The van der Waals surface area contributed by atoms with Crippen LogP contribution in [0.15, 0.2) is 218 Å². The molecular formula is C56H36N2S. The monoisotopic (exact) mass is 768 g/mol. The second-order valence-corrected chi connectivity index (χ2v) is 16.1. The van der Waals surface area contributed by atoms with Gasteiger partial charge in [-0.15, -0.1) is 11.3 Å². The molecule has 0 saturated carbocycles. The highest BCUT2D eigenvalue weighted by Crippen LogP contribution is 2.41. The van der Waals surface area contributed by atoms with Crippen molar-refractivity contribution >= 4 is 42.3 Å². The van der Waals surface area contributed by atoms with Crippen LogP contribution in [0.3, 0.4) is 0 Å². The van der Waals surface area contributed by atoms with Crippen molar-refractivity contribution in [2.45, 2.75) is 0 Å². The molecule has 0 saturated heterocycles. The first-order valence-electron chi connectivity index (χ1n) is 20.0. The third-order valence-corrected chi connectivity index (χ3v) is 12.4. The van der Waals surface area contributed by atoms with Gasteiger partial charge in [0.1, 0.15) is 0 Å². The number of fused-ring (bicyclic) bond motifs is 4. The van der Waals surface area contributed by atoms with Gasteiger partial charge in [0.2, 0.25) is 0 Å². The second-order valence-electron chi connectivity index (χ2n) is 15.0. The van der Waals surface area contributed by atoms with Crippen molar-refractivity contribution in [1.82, 2.24) is 9.97 Å². The van der Waals surface area contributed by atoms with E-state index in [0.29, 0.717) is 5.82 Å². The van der Waals surface area contributed by atoms with Crippen LogP contribution in [0.1, 0.15) is 0 Å². The van der Waals surface area contributed by atoms with Gasteiger partial charge in [-0.3, -0.25) is 0 Å². The average molecular weight is 769 g/mol. The molecule has 0 atom stereocenters. The summed E-state index contributed by atoms with van der Waals surface area (Å²) < 4.78 is 2.60. The predicted octanol–water partition coefficient (Wildman–Crippen LogP) is 15.7. The third-order valence-electron chi connectivity index (χ3n) is 11.2. The first-order chi connectivity index (χ1) is 29.2. The molecule has 276 valence electrons. The summed E-state index contributed by atoms with van der Waals surface area (Å²) in [6, 6.07) is 78.3. The molecule has 0 amide bonds. The van der Waals surface area contributed by atoms with Gasteiger partial charge < -0.3 is 0 Å². The van der Waals surface area contributed by atoms with Gasteiger partial charge in [0, 0.05) is 36.9 Å². The molecule has 0 N–H and O–H groups in total. The number of hydrogen-bond donors (Lipinski definition) is 0. The first-order valence-corrected chi connectivity index (χ1v) is 20.8. The number of nitrogens with zero attached hydrogens (tertiary/aromatic N) is 2. The Labute approximate surface area is 347 Å². The zero-order chi connectivity index (χ0) is 39.1. The lowest BCUT2D eigenvalue weighted by molar-refractivity contribution is 1.18. The molecule has 0 fully saturated rings. The molecule has 3 heteroatoms. The van der Waals surface area contributed by atoms with Crippen LogP contribution in [0.25, 0.3) is 109 Å². The molecular weight excluding hydrogens is 733 g/mol. The fourth-order valence-electron chi connectivity index (χ4n) is 8.31. The van der Waals surface area contributed by atoms with Crippen molar-refractivity contribution in [3.05, 3.63) is 218 Å². The van der Waals surface area contributed by atoms with Gasteiger partial charge in [-0.1, -0.05) is 158 Å². The fourth-order valence-corrected chi connectivity index (χ4v) is 9.40. The summed E-state index contributed by atoms with van der Waals surface area (Å²) in [5, 5.41) is 5.01. The van der Waals surface area contributed by atoms with Crippen LogP contribution in [-0.2, 0) is 0 Å². The van der Waals surface area contributed by atoms with Gasteiger partial charge in [-0.05, 0) is 116 Å². The van der Waals surface area contributed by atoms with Crippen LogP contribution in [0, 0.1) is 0 Å². The Kier molecular flexibility index (Phi) is 8.72. The van der Waals surface area contributed by atoms with Gasteiger partial charge in [0.15, 0.2) is 5.82 Å². The van der Waals surface area contributed by atoms with E-state index in [4.69, 9.17) is 9.97 Å². The Morgan fingerprint density at radius 3 is 1.44 bits per heavy atom. The van der Waals surface area contributed by atoms with Crippen LogP contribution < -0.4 is 0 Å². The SMILES string of the molecule is c1ccc(-c2cc(-c3ccccc3)cc(-c3cc(-c4cc(-c5ccc6sc7ccccc7c6c5)cc(-c5cccc6ccccc56)c4)nc(-c4ccccc4)n3)c2)cc1. The molecule has 0 aliphatic heterocycles. The lowest BCUT2D eigenvalue weighted by Crippen LogP contribution is -1.97.